The number of carbonyl (C=O) groups excluding carboxylic acids is 1. The fourth-order valence-electron chi connectivity index (χ4n) is 1.75. The van der Waals surface area contributed by atoms with Crippen LogP contribution in [0.1, 0.15) is 10.4 Å². The first-order valence-electron chi connectivity index (χ1n) is 4.93. The van der Waals surface area contributed by atoms with E-state index in [9.17, 15) is 4.79 Å². The minimum atomic E-state index is 0.0302. The number of alkyl halides is 1. The van der Waals surface area contributed by atoms with Crippen LogP contribution in [0.3, 0.4) is 0 Å². The molecule has 0 saturated carbocycles. The van der Waals surface area contributed by atoms with Crippen LogP contribution in [0.25, 0.3) is 10.8 Å². The van der Waals surface area contributed by atoms with E-state index in [1.54, 1.807) is 7.11 Å². The van der Waals surface area contributed by atoms with Crippen molar-refractivity contribution in [2.24, 2.45) is 0 Å². The van der Waals surface area contributed by atoms with E-state index in [1.165, 1.54) is 0 Å². The molecule has 2 nitrogen and oxygen atoms in total. The molecule has 0 N–H and O–H groups in total. The normalized spacial score (nSPS) is 10.4. The highest BCUT2D eigenvalue weighted by Crippen LogP contribution is 2.30. The van der Waals surface area contributed by atoms with Gasteiger partial charge in [-0.05, 0) is 11.5 Å². The summed E-state index contributed by atoms with van der Waals surface area (Å²) in [5.41, 5.74) is 0.623. The summed E-state index contributed by atoms with van der Waals surface area (Å²) in [6.45, 7) is 0. The van der Waals surface area contributed by atoms with Crippen LogP contribution in [-0.4, -0.2) is 18.2 Å². The highest BCUT2D eigenvalue weighted by molar-refractivity contribution is 9.09. The topological polar surface area (TPSA) is 26.3 Å². The monoisotopic (exact) mass is 278 g/mol. The predicted octanol–water partition coefficient (Wildman–Crippen LogP) is 3.43. The fraction of sp³-hybridized carbons (Fsp3) is 0.154. The Bertz CT molecular complexity index is 534. The van der Waals surface area contributed by atoms with Crippen molar-refractivity contribution in [3.05, 3.63) is 42.0 Å². The third-order valence-electron chi connectivity index (χ3n) is 2.51. The molecule has 2 aromatic carbocycles. The lowest BCUT2D eigenvalue weighted by Gasteiger charge is -2.09. The molecular weight excluding hydrogens is 268 g/mol. The second-order valence-electron chi connectivity index (χ2n) is 3.42. The second kappa shape index (κ2) is 4.66. The summed E-state index contributed by atoms with van der Waals surface area (Å²) in [4.78, 5) is 11.7. The van der Waals surface area contributed by atoms with Crippen molar-refractivity contribution < 1.29 is 9.53 Å². The first kappa shape index (κ1) is 11.1. The molecule has 2 rings (SSSR count). The first-order chi connectivity index (χ1) is 7.77. The lowest BCUT2D eigenvalue weighted by Crippen LogP contribution is -2.03. The average Bonchev–Trinajstić information content (AvgIpc) is 2.36. The molecule has 0 bridgehead atoms. The van der Waals surface area contributed by atoms with Crippen molar-refractivity contribution in [3.63, 3.8) is 0 Å². The van der Waals surface area contributed by atoms with E-state index < -0.39 is 0 Å². The van der Waals surface area contributed by atoms with Crippen LogP contribution in [0, 0.1) is 0 Å². The van der Waals surface area contributed by atoms with E-state index in [1.807, 2.05) is 36.4 Å². The minimum Gasteiger partial charge on any atom is -0.495 e. The molecule has 0 aromatic heterocycles. The zero-order valence-corrected chi connectivity index (χ0v) is 10.5. The van der Waals surface area contributed by atoms with Crippen LogP contribution in [-0.2, 0) is 0 Å². The number of carbonyl (C=O) groups is 1. The Hall–Kier alpha value is -1.35. The Morgan fingerprint density at radius 3 is 2.69 bits per heavy atom. The van der Waals surface area contributed by atoms with Gasteiger partial charge in [0.1, 0.15) is 5.75 Å². The Labute approximate surface area is 102 Å². The van der Waals surface area contributed by atoms with Crippen molar-refractivity contribution in [1.82, 2.24) is 0 Å². The highest BCUT2D eigenvalue weighted by Gasteiger charge is 2.13. The first-order valence-corrected chi connectivity index (χ1v) is 6.05. The maximum absolute atomic E-state index is 11.7. The predicted molar refractivity (Wildman–Crippen MR) is 68.6 cm³/mol. The van der Waals surface area contributed by atoms with Gasteiger partial charge >= 0.3 is 0 Å². The Balaban J connectivity index is 2.72. The molecule has 0 aliphatic rings. The highest BCUT2D eigenvalue weighted by atomic mass is 79.9. The molecule has 0 unspecified atom stereocenters. The molecule has 2 aromatic rings. The van der Waals surface area contributed by atoms with Crippen LogP contribution < -0.4 is 4.74 Å². The number of hydrogen-bond donors (Lipinski definition) is 0. The molecule has 0 spiro atoms. The largest absolute Gasteiger partial charge is 0.495 e. The molecule has 0 saturated heterocycles. The van der Waals surface area contributed by atoms with Gasteiger partial charge in [0.25, 0.3) is 0 Å². The van der Waals surface area contributed by atoms with Crippen LogP contribution in [0.2, 0.25) is 0 Å². The molecule has 3 heteroatoms. The minimum absolute atomic E-state index is 0.0302. The van der Waals surface area contributed by atoms with E-state index in [0.717, 1.165) is 10.8 Å². The summed E-state index contributed by atoms with van der Waals surface area (Å²) in [6, 6.07) is 11.6. The SMILES string of the molecule is COc1c(C(=O)CBr)ccc2ccccc12. The Morgan fingerprint density at radius 1 is 1.25 bits per heavy atom. The van der Waals surface area contributed by atoms with Gasteiger partial charge in [-0.3, -0.25) is 4.79 Å². The number of ketones is 1. The Morgan fingerprint density at radius 2 is 2.00 bits per heavy atom. The maximum atomic E-state index is 11.7. The lowest BCUT2D eigenvalue weighted by atomic mass is 10.0. The molecule has 0 heterocycles. The zero-order chi connectivity index (χ0) is 11.5. The van der Waals surface area contributed by atoms with Gasteiger partial charge in [0.15, 0.2) is 5.78 Å². The molecule has 0 aliphatic heterocycles. The third kappa shape index (κ3) is 1.83. The third-order valence-corrected chi connectivity index (χ3v) is 3.01. The number of halogens is 1. The van der Waals surface area contributed by atoms with Gasteiger partial charge in [-0.25, -0.2) is 0 Å². The van der Waals surface area contributed by atoms with Gasteiger partial charge in [-0.2, -0.15) is 0 Å². The Kier molecular flexibility index (Phi) is 3.25. The van der Waals surface area contributed by atoms with Crippen molar-refractivity contribution in [3.8, 4) is 5.75 Å². The molecule has 0 atom stereocenters. The van der Waals surface area contributed by atoms with E-state index >= 15 is 0 Å². The number of methoxy groups -OCH3 is 1. The molecule has 0 fully saturated rings. The van der Waals surface area contributed by atoms with E-state index in [-0.39, 0.29) is 5.78 Å². The van der Waals surface area contributed by atoms with Gasteiger partial charge in [-0.15, -0.1) is 0 Å². The summed E-state index contributed by atoms with van der Waals surface area (Å²) < 4.78 is 5.34. The van der Waals surface area contributed by atoms with Gasteiger partial charge in [-0.1, -0.05) is 46.3 Å². The summed E-state index contributed by atoms with van der Waals surface area (Å²) in [6.07, 6.45) is 0. The van der Waals surface area contributed by atoms with Crippen LogP contribution in [0.4, 0.5) is 0 Å². The summed E-state index contributed by atoms with van der Waals surface area (Å²) in [5.74, 6) is 0.685. The quantitative estimate of drug-likeness (QED) is 0.635. The van der Waals surface area contributed by atoms with Crippen LogP contribution in [0.15, 0.2) is 36.4 Å². The van der Waals surface area contributed by atoms with Gasteiger partial charge in [0.2, 0.25) is 0 Å². The summed E-state index contributed by atoms with van der Waals surface area (Å²) >= 11 is 3.17. The average molecular weight is 279 g/mol. The molecular formula is C13H11BrO2. The number of Topliss-reactive ketones (excluding diaryl/α,β-unsaturated/α-hetero) is 1. The number of rotatable bonds is 3. The van der Waals surface area contributed by atoms with E-state index in [0.29, 0.717) is 16.6 Å². The van der Waals surface area contributed by atoms with Crippen molar-refractivity contribution in [1.29, 1.82) is 0 Å². The van der Waals surface area contributed by atoms with Crippen molar-refractivity contribution in [2.45, 2.75) is 0 Å². The number of benzene rings is 2. The van der Waals surface area contributed by atoms with Crippen molar-refractivity contribution in [2.75, 3.05) is 12.4 Å². The van der Waals surface area contributed by atoms with Gasteiger partial charge in [0, 0.05) is 5.39 Å². The summed E-state index contributed by atoms with van der Waals surface area (Å²) in [5, 5.41) is 2.35. The number of ether oxygens (including phenoxy) is 1. The lowest BCUT2D eigenvalue weighted by molar-refractivity contribution is 0.102. The van der Waals surface area contributed by atoms with Gasteiger partial charge < -0.3 is 4.74 Å². The van der Waals surface area contributed by atoms with E-state index in [4.69, 9.17) is 4.74 Å². The maximum Gasteiger partial charge on any atom is 0.177 e. The molecule has 0 aliphatic carbocycles. The van der Waals surface area contributed by atoms with Gasteiger partial charge in [0.05, 0.1) is 18.0 Å². The molecule has 16 heavy (non-hydrogen) atoms. The zero-order valence-electron chi connectivity index (χ0n) is 8.87. The van der Waals surface area contributed by atoms with Crippen molar-refractivity contribution >= 4 is 32.5 Å². The fourth-order valence-corrected chi connectivity index (χ4v) is 2.06. The summed E-state index contributed by atoms with van der Waals surface area (Å²) in [7, 11) is 1.59. The van der Waals surface area contributed by atoms with E-state index in [2.05, 4.69) is 15.9 Å². The van der Waals surface area contributed by atoms with Crippen LogP contribution >= 0.6 is 15.9 Å². The standard InChI is InChI=1S/C13H11BrO2/c1-16-13-10-5-3-2-4-9(10)6-7-11(13)12(15)8-14/h2-7H,8H2,1H3. The molecule has 0 amide bonds. The second-order valence-corrected chi connectivity index (χ2v) is 3.99. The molecule has 0 radical (unpaired) electrons. The number of fused-ring (bicyclic) bond motifs is 1. The van der Waals surface area contributed by atoms with Crippen LogP contribution in [0.5, 0.6) is 5.75 Å². The smallest absolute Gasteiger partial charge is 0.177 e. The molecule has 82 valence electrons. The number of hydrogen-bond acceptors (Lipinski definition) is 2.